The molecule has 0 bridgehead atoms. The number of ketones is 2. The van der Waals surface area contributed by atoms with Gasteiger partial charge in [-0.05, 0) is 61.4 Å². The SMILES string of the molecule is CC(=O)c1nn(CC(=O)N2[C@@H]3C[C@@H]3C[C@H]2C(=O)CC/C(F)=C(\C)c2ccccc2)c2ccc(-c3cnc(C)nc3)cc12. The summed E-state index contributed by atoms with van der Waals surface area (Å²) in [6.45, 7) is 4.89. The average Bonchev–Trinajstić information content (AvgIpc) is 3.50. The molecule has 0 unspecified atom stereocenters. The fraction of sp³-hybridized carbons (Fsp3) is 0.333. The van der Waals surface area contributed by atoms with Gasteiger partial charge in [-0.1, -0.05) is 36.4 Å². The summed E-state index contributed by atoms with van der Waals surface area (Å²) >= 11 is 0. The van der Waals surface area contributed by atoms with Crippen molar-refractivity contribution in [3.63, 3.8) is 0 Å². The quantitative estimate of drug-likeness (QED) is 0.240. The van der Waals surface area contributed by atoms with Crippen LogP contribution in [0.3, 0.4) is 0 Å². The van der Waals surface area contributed by atoms with E-state index in [9.17, 15) is 18.8 Å². The van der Waals surface area contributed by atoms with Gasteiger partial charge in [0.15, 0.2) is 11.6 Å². The highest BCUT2D eigenvalue weighted by molar-refractivity contribution is 6.06. The van der Waals surface area contributed by atoms with Crippen molar-refractivity contribution in [2.45, 2.75) is 65.1 Å². The summed E-state index contributed by atoms with van der Waals surface area (Å²) in [5.74, 6) is 0.108. The van der Waals surface area contributed by atoms with Crippen LogP contribution in [0.25, 0.3) is 27.6 Å². The van der Waals surface area contributed by atoms with Crippen molar-refractivity contribution in [1.29, 1.82) is 0 Å². The van der Waals surface area contributed by atoms with Crippen LogP contribution in [0.15, 0.2) is 66.8 Å². The van der Waals surface area contributed by atoms with E-state index in [4.69, 9.17) is 0 Å². The lowest BCUT2D eigenvalue weighted by Crippen LogP contribution is -2.44. The second-order valence-electron chi connectivity index (χ2n) is 11.3. The van der Waals surface area contributed by atoms with Crippen molar-refractivity contribution in [2.75, 3.05) is 0 Å². The Morgan fingerprint density at radius 3 is 2.40 bits per heavy atom. The molecule has 2 aromatic carbocycles. The first kappa shape index (κ1) is 27.6. The van der Waals surface area contributed by atoms with Crippen molar-refractivity contribution >= 4 is 33.9 Å². The number of nitrogens with zero attached hydrogens (tertiary/aromatic N) is 5. The van der Waals surface area contributed by atoms with E-state index >= 15 is 0 Å². The minimum Gasteiger partial charge on any atom is -0.328 e. The first-order chi connectivity index (χ1) is 20.2. The lowest BCUT2D eigenvalue weighted by atomic mass is 10.00. The molecule has 1 saturated heterocycles. The predicted octanol–water partition coefficient (Wildman–Crippen LogP) is 5.74. The Morgan fingerprint density at radius 1 is 0.952 bits per heavy atom. The maximum absolute atomic E-state index is 14.9. The highest BCUT2D eigenvalue weighted by Gasteiger charge is 2.55. The van der Waals surface area contributed by atoms with Crippen LogP contribution in [-0.2, 0) is 16.1 Å². The van der Waals surface area contributed by atoms with E-state index in [-0.39, 0.29) is 54.4 Å². The van der Waals surface area contributed by atoms with Crippen LogP contribution in [0.1, 0.15) is 61.4 Å². The predicted molar refractivity (Wildman–Crippen MR) is 157 cm³/mol. The van der Waals surface area contributed by atoms with Crippen molar-refractivity contribution in [3.8, 4) is 11.1 Å². The van der Waals surface area contributed by atoms with Gasteiger partial charge in [-0.15, -0.1) is 0 Å². The third-order valence-electron chi connectivity index (χ3n) is 8.45. The summed E-state index contributed by atoms with van der Waals surface area (Å²) in [6, 6.07) is 14.3. The van der Waals surface area contributed by atoms with E-state index < -0.39 is 6.04 Å². The number of hydrogen-bond acceptors (Lipinski definition) is 6. The number of likely N-dealkylation sites (tertiary alicyclic amines) is 1. The molecule has 214 valence electrons. The van der Waals surface area contributed by atoms with E-state index in [1.54, 1.807) is 28.9 Å². The van der Waals surface area contributed by atoms with Crippen LogP contribution in [0.4, 0.5) is 4.39 Å². The number of aromatic nitrogens is 4. The summed E-state index contributed by atoms with van der Waals surface area (Å²) in [6.07, 6.45) is 4.98. The fourth-order valence-corrected chi connectivity index (χ4v) is 6.03. The Kier molecular flexibility index (Phi) is 7.26. The third kappa shape index (κ3) is 5.26. The number of carbonyl (C=O) groups is 3. The molecule has 1 aliphatic carbocycles. The lowest BCUT2D eigenvalue weighted by molar-refractivity contribution is -0.139. The van der Waals surface area contributed by atoms with Gasteiger partial charge in [-0.3, -0.25) is 19.1 Å². The summed E-state index contributed by atoms with van der Waals surface area (Å²) < 4.78 is 16.5. The third-order valence-corrected chi connectivity index (χ3v) is 8.45. The highest BCUT2D eigenvalue weighted by atomic mass is 19.1. The van der Waals surface area contributed by atoms with Gasteiger partial charge in [0.05, 0.1) is 11.6 Å². The standard InChI is InChI=1S/C33H32FN5O3/c1-19(22-7-5-4-6-8-22)27(34)10-12-31(41)30-15-24-14-29(24)39(30)32(42)18-38-28-11-9-23(25-16-35-21(3)36-17-25)13-26(28)33(37-38)20(2)40/h4-9,11,13,16-17,24,29-30H,10,12,14-15,18H2,1-3H3/b27-19-/t24-,29-,30+/m1/s1. The number of halogens is 1. The molecule has 1 amide bonds. The number of allylic oxidation sites excluding steroid dienone is 2. The van der Waals surface area contributed by atoms with Gasteiger partial charge in [-0.2, -0.15) is 5.10 Å². The van der Waals surface area contributed by atoms with Gasteiger partial charge in [0, 0.05) is 49.2 Å². The number of fused-ring (bicyclic) bond motifs is 2. The van der Waals surface area contributed by atoms with Crippen LogP contribution in [0.5, 0.6) is 0 Å². The molecule has 0 spiro atoms. The fourth-order valence-electron chi connectivity index (χ4n) is 6.03. The van der Waals surface area contributed by atoms with Crippen molar-refractivity contribution in [1.82, 2.24) is 24.6 Å². The topological polar surface area (TPSA) is 98.1 Å². The largest absolute Gasteiger partial charge is 0.328 e. The number of rotatable bonds is 9. The Labute approximate surface area is 243 Å². The first-order valence-electron chi connectivity index (χ1n) is 14.3. The first-order valence-corrected chi connectivity index (χ1v) is 14.3. The molecule has 0 N–H and O–H groups in total. The normalized spacial score (nSPS) is 19.9. The lowest BCUT2D eigenvalue weighted by Gasteiger charge is -2.27. The molecular weight excluding hydrogens is 533 g/mol. The number of benzene rings is 2. The number of piperidine rings is 1. The number of Topliss-reactive ketones (excluding diaryl/α,β-unsaturated/α-hetero) is 2. The van der Waals surface area contributed by atoms with E-state index in [1.807, 2.05) is 55.5 Å². The monoisotopic (exact) mass is 565 g/mol. The second-order valence-corrected chi connectivity index (χ2v) is 11.3. The molecule has 1 saturated carbocycles. The maximum Gasteiger partial charge on any atom is 0.245 e. The zero-order valence-corrected chi connectivity index (χ0v) is 23.9. The van der Waals surface area contributed by atoms with Gasteiger partial charge in [0.2, 0.25) is 5.91 Å². The Morgan fingerprint density at radius 2 is 1.69 bits per heavy atom. The van der Waals surface area contributed by atoms with Crippen LogP contribution >= 0.6 is 0 Å². The summed E-state index contributed by atoms with van der Waals surface area (Å²) in [5.41, 5.74) is 3.90. The molecule has 9 heteroatoms. The molecule has 2 aliphatic rings. The van der Waals surface area contributed by atoms with Gasteiger partial charge >= 0.3 is 0 Å². The molecule has 0 radical (unpaired) electrons. The summed E-state index contributed by atoms with van der Waals surface area (Å²) in [4.78, 5) is 49.7. The van der Waals surface area contributed by atoms with Crippen molar-refractivity contribution in [2.24, 2.45) is 5.92 Å². The maximum atomic E-state index is 14.9. The minimum absolute atomic E-state index is 0.00749. The van der Waals surface area contributed by atoms with Crippen molar-refractivity contribution in [3.05, 3.63) is 83.8 Å². The minimum atomic E-state index is -0.562. The van der Waals surface area contributed by atoms with Gasteiger partial charge in [0.25, 0.3) is 0 Å². The molecular formula is C33H32FN5O3. The summed E-state index contributed by atoms with van der Waals surface area (Å²) in [5, 5.41) is 5.15. The smallest absolute Gasteiger partial charge is 0.245 e. The van der Waals surface area contributed by atoms with Crippen LogP contribution in [0.2, 0.25) is 0 Å². The summed E-state index contributed by atoms with van der Waals surface area (Å²) in [7, 11) is 0. The van der Waals surface area contributed by atoms with E-state index in [0.717, 1.165) is 23.1 Å². The van der Waals surface area contributed by atoms with E-state index in [2.05, 4.69) is 15.1 Å². The van der Waals surface area contributed by atoms with Gasteiger partial charge in [0.1, 0.15) is 23.9 Å². The van der Waals surface area contributed by atoms with Crippen LogP contribution < -0.4 is 0 Å². The molecule has 2 aromatic heterocycles. The molecule has 3 heterocycles. The zero-order chi connectivity index (χ0) is 29.5. The number of carbonyl (C=O) groups excluding carboxylic acids is 3. The van der Waals surface area contributed by atoms with Gasteiger partial charge < -0.3 is 4.90 Å². The zero-order valence-electron chi connectivity index (χ0n) is 23.9. The molecule has 6 rings (SSSR count). The average molecular weight is 566 g/mol. The molecule has 4 aromatic rings. The number of amides is 1. The second kappa shape index (κ2) is 11.0. The Bertz CT molecular complexity index is 1730. The highest BCUT2D eigenvalue weighted by Crippen LogP contribution is 2.48. The molecule has 2 fully saturated rings. The van der Waals surface area contributed by atoms with E-state index in [1.165, 1.54) is 6.92 Å². The molecule has 1 aliphatic heterocycles. The Hall–Kier alpha value is -4.53. The van der Waals surface area contributed by atoms with Gasteiger partial charge in [-0.25, -0.2) is 14.4 Å². The number of aryl methyl sites for hydroxylation is 1. The molecule has 42 heavy (non-hydrogen) atoms. The van der Waals surface area contributed by atoms with Crippen LogP contribution in [0, 0.1) is 12.8 Å². The van der Waals surface area contributed by atoms with Crippen LogP contribution in [-0.4, -0.2) is 54.2 Å². The molecule has 8 nitrogen and oxygen atoms in total. The van der Waals surface area contributed by atoms with E-state index in [0.29, 0.717) is 34.6 Å². The molecule has 3 atom stereocenters. The number of hydrogen-bond donors (Lipinski definition) is 0. The Balaban J connectivity index is 1.20. The van der Waals surface area contributed by atoms with Crippen molar-refractivity contribution < 1.29 is 18.8 Å².